The molecule has 3 nitrogen and oxygen atoms in total. The maximum absolute atomic E-state index is 11.2. The standard InChI is InChI=1S/C10H22N2OS.ClH/c1-9(11)6-7-12-10(13)5-3-4-8-14-2;/h9H,3-8,11H2,1-2H3,(H,12,13);1H. The van der Waals surface area contributed by atoms with Gasteiger partial charge < -0.3 is 11.1 Å². The Hall–Kier alpha value is 0.0700. The number of hydrogen-bond acceptors (Lipinski definition) is 3. The molecular formula is C10H23ClN2OS. The lowest BCUT2D eigenvalue weighted by Crippen LogP contribution is -2.28. The monoisotopic (exact) mass is 254 g/mol. The molecule has 0 radical (unpaired) electrons. The third-order valence-corrected chi connectivity index (χ3v) is 2.62. The van der Waals surface area contributed by atoms with E-state index >= 15 is 0 Å². The quantitative estimate of drug-likeness (QED) is 0.650. The molecule has 0 rings (SSSR count). The number of unbranched alkanes of at least 4 members (excludes halogenated alkanes) is 1. The summed E-state index contributed by atoms with van der Waals surface area (Å²) in [4.78, 5) is 11.2. The number of nitrogens with one attached hydrogen (secondary N) is 1. The Morgan fingerprint density at radius 3 is 2.67 bits per heavy atom. The van der Waals surface area contributed by atoms with Gasteiger partial charge in [0.1, 0.15) is 0 Å². The Labute approximate surface area is 103 Å². The topological polar surface area (TPSA) is 55.1 Å². The van der Waals surface area contributed by atoms with Crippen LogP contribution in [0, 0.1) is 0 Å². The number of carbonyl (C=O) groups is 1. The lowest BCUT2D eigenvalue weighted by atomic mass is 10.2. The van der Waals surface area contributed by atoms with Crippen LogP contribution in [0.3, 0.4) is 0 Å². The Morgan fingerprint density at radius 2 is 2.13 bits per heavy atom. The summed E-state index contributed by atoms with van der Waals surface area (Å²) in [7, 11) is 0. The molecule has 0 fully saturated rings. The smallest absolute Gasteiger partial charge is 0.219 e. The van der Waals surface area contributed by atoms with Crippen molar-refractivity contribution in [1.29, 1.82) is 0 Å². The SMILES string of the molecule is CSCCCCC(=O)NCCC(C)N.Cl. The van der Waals surface area contributed by atoms with Crippen LogP contribution in [0.2, 0.25) is 0 Å². The molecule has 0 saturated heterocycles. The van der Waals surface area contributed by atoms with Gasteiger partial charge in [-0.3, -0.25) is 4.79 Å². The van der Waals surface area contributed by atoms with Crippen LogP contribution in [-0.4, -0.2) is 30.5 Å². The summed E-state index contributed by atoms with van der Waals surface area (Å²) in [5, 5.41) is 2.87. The van der Waals surface area contributed by atoms with Crippen LogP contribution >= 0.6 is 24.2 Å². The molecule has 3 N–H and O–H groups in total. The van der Waals surface area contributed by atoms with Gasteiger partial charge in [-0.1, -0.05) is 0 Å². The molecule has 0 aromatic heterocycles. The van der Waals surface area contributed by atoms with E-state index in [1.165, 1.54) is 0 Å². The van der Waals surface area contributed by atoms with Gasteiger partial charge in [0, 0.05) is 19.0 Å². The molecule has 1 amide bonds. The summed E-state index contributed by atoms with van der Waals surface area (Å²) in [6.45, 7) is 2.66. The molecule has 5 heteroatoms. The van der Waals surface area contributed by atoms with Crippen LogP contribution in [0.4, 0.5) is 0 Å². The highest BCUT2D eigenvalue weighted by atomic mass is 35.5. The first-order chi connectivity index (χ1) is 6.66. The lowest BCUT2D eigenvalue weighted by Gasteiger charge is -2.06. The lowest BCUT2D eigenvalue weighted by molar-refractivity contribution is -0.121. The second-order valence-electron chi connectivity index (χ2n) is 3.57. The summed E-state index contributed by atoms with van der Waals surface area (Å²) < 4.78 is 0. The van der Waals surface area contributed by atoms with E-state index in [1.54, 1.807) is 0 Å². The molecule has 0 aliphatic carbocycles. The van der Waals surface area contributed by atoms with Gasteiger partial charge in [0.25, 0.3) is 0 Å². The molecule has 0 aromatic carbocycles. The highest BCUT2D eigenvalue weighted by molar-refractivity contribution is 7.98. The van der Waals surface area contributed by atoms with Crippen LogP contribution in [0.5, 0.6) is 0 Å². The number of carbonyl (C=O) groups excluding carboxylic acids is 1. The predicted molar refractivity (Wildman–Crippen MR) is 70.8 cm³/mol. The molecular weight excluding hydrogens is 232 g/mol. The summed E-state index contributed by atoms with van der Waals surface area (Å²) in [6, 6.07) is 0.173. The molecule has 92 valence electrons. The first kappa shape index (κ1) is 17.5. The first-order valence-corrected chi connectivity index (χ1v) is 6.57. The highest BCUT2D eigenvalue weighted by Gasteiger charge is 2.00. The minimum absolute atomic E-state index is 0. The first-order valence-electron chi connectivity index (χ1n) is 5.18. The third-order valence-electron chi connectivity index (χ3n) is 1.92. The molecule has 0 aromatic rings. The molecule has 0 saturated carbocycles. The van der Waals surface area contributed by atoms with Crippen molar-refractivity contribution in [2.45, 2.75) is 38.6 Å². The normalized spacial score (nSPS) is 11.7. The molecule has 0 aliphatic rings. The number of amides is 1. The zero-order valence-corrected chi connectivity index (χ0v) is 11.3. The van der Waals surface area contributed by atoms with E-state index in [0.717, 1.165) is 25.0 Å². The van der Waals surface area contributed by atoms with E-state index in [0.29, 0.717) is 13.0 Å². The van der Waals surface area contributed by atoms with Crippen molar-refractivity contribution in [2.75, 3.05) is 18.6 Å². The van der Waals surface area contributed by atoms with Crippen LogP contribution in [0.1, 0.15) is 32.6 Å². The summed E-state index contributed by atoms with van der Waals surface area (Å²) in [6.07, 6.45) is 5.71. The van der Waals surface area contributed by atoms with Gasteiger partial charge in [0.05, 0.1) is 0 Å². The summed E-state index contributed by atoms with van der Waals surface area (Å²) >= 11 is 1.83. The van der Waals surface area contributed by atoms with E-state index in [2.05, 4.69) is 11.6 Å². The number of halogens is 1. The fourth-order valence-electron chi connectivity index (χ4n) is 1.06. The summed E-state index contributed by atoms with van der Waals surface area (Å²) in [5.74, 6) is 1.30. The van der Waals surface area contributed by atoms with E-state index in [9.17, 15) is 4.79 Å². The van der Waals surface area contributed by atoms with Crippen LogP contribution in [0.15, 0.2) is 0 Å². The number of thioether (sulfide) groups is 1. The van der Waals surface area contributed by atoms with Gasteiger partial charge in [-0.15, -0.1) is 12.4 Å². The Kier molecular flexibility index (Phi) is 14.1. The summed E-state index contributed by atoms with van der Waals surface area (Å²) in [5.41, 5.74) is 5.56. The van der Waals surface area contributed by atoms with Gasteiger partial charge in [-0.25, -0.2) is 0 Å². The van der Waals surface area contributed by atoms with Gasteiger partial charge in [0.15, 0.2) is 0 Å². The Morgan fingerprint density at radius 1 is 1.47 bits per heavy atom. The van der Waals surface area contributed by atoms with Gasteiger partial charge in [-0.05, 0) is 38.2 Å². The van der Waals surface area contributed by atoms with Crippen molar-refractivity contribution >= 4 is 30.1 Å². The molecule has 0 spiro atoms. The minimum atomic E-state index is 0. The van der Waals surface area contributed by atoms with Gasteiger partial charge >= 0.3 is 0 Å². The van der Waals surface area contributed by atoms with Crippen LogP contribution in [-0.2, 0) is 4.79 Å². The fourth-order valence-corrected chi connectivity index (χ4v) is 1.55. The average molecular weight is 255 g/mol. The second kappa shape index (κ2) is 12.1. The van der Waals surface area contributed by atoms with E-state index in [4.69, 9.17) is 5.73 Å². The van der Waals surface area contributed by atoms with Crippen molar-refractivity contribution in [1.82, 2.24) is 5.32 Å². The fraction of sp³-hybridized carbons (Fsp3) is 0.900. The molecule has 15 heavy (non-hydrogen) atoms. The molecule has 0 heterocycles. The largest absolute Gasteiger partial charge is 0.356 e. The van der Waals surface area contributed by atoms with Crippen molar-refractivity contribution < 1.29 is 4.79 Å². The second-order valence-corrected chi connectivity index (χ2v) is 4.55. The molecule has 1 unspecified atom stereocenters. The number of hydrogen-bond donors (Lipinski definition) is 2. The predicted octanol–water partition coefficient (Wildman–Crippen LogP) is 1.79. The van der Waals surface area contributed by atoms with Crippen molar-refractivity contribution in [2.24, 2.45) is 5.73 Å². The Balaban J connectivity index is 0. The van der Waals surface area contributed by atoms with E-state index in [-0.39, 0.29) is 24.4 Å². The van der Waals surface area contributed by atoms with Gasteiger partial charge in [0.2, 0.25) is 5.91 Å². The Bertz CT molecular complexity index is 156. The van der Waals surface area contributed by atoms with Crippen molar-refractivity contribution in [3.05, 3.63) is 0 Å². The molecule has 1 atom stereocenters. The van der Waals surface area contributed by atoms with Crippen molar-refractivity contribution in [3.63, 3.8) is 0 Å². The minimum Gasteiger partial charge on any atom is -0.356 e. The highest BCUT2D eigenvalue weighted by Crippen LogP contribution is 2.01. The number of rotatable bonds is 8. The molecule has 0 bridgehead atoms. The molecule has 0 aliphatic heterocycles. The van der Waals surface area contributed by atoms with E-state index < -0.39 is 0 Å². The average Bonchev–Trinajstić information content (AvgIpc) is 2.12. The maximum Gasteiger partial charge on any atom is 0.219 e. The van der Waals surface area contributed by atoms with Crippen LogP contribution < -0.4 is 11.1 Å². The zero-order valence-electron chi connectivity index (χ0n) is 9.62. The zero-order chi connectivity index (χ0) is 10.8. The maximum atomic E-state index is 11.2. The van der Waals surface area contributed by atoms with Crippen molar-refractivity contribution in [3.8, 4) is 0 Å². The van der Waals surface area contributed by atoms with Crippen LogP contribution in [0.25, 0.3) is 0 Å². The van der Waals surface area contributed by atoms with Gasteiger partial charge in [-0.2, -0.15) is 11.8 Å². The number of nitrogens with two attached hydrogens (primary N) is 1. The van der Waals surface area contributed by atoms with E-state index in [1.807, 2.05) is 18.7 Å². The third kappa shape index (κ3) is 14.1.